The molecule has 5 aromatic rings. The molecule has 35 heavy (non-hydrogen) atoms. The minimum atomic E-state index is 0.0734. The van der Waals surface area contributed by atoms with Gasteiger partial charge in [0.2, 0.25) is 0 Å². The van der Waals surface area contributed by atoms with Gasteiger partial charge in [-0.05, 0) is 80.1 Å². The fraction of sp³-hybridized carbons (Fsp3) is 0.111. The van der Waals surface area contributed by atoms with Crippen LogP contribution < -0.4 is 4.74 Å². The maximum atomic E-state index is 10.1. The summed E-state index contributed by atoms with van der Waals surface area (Å²) in [4.78, 5) is 9.55. The number of benzene rings is 2. The van der Waals surface area contributed by atoms with E-state index in [0.29, 0.717) is 45.4 Å². The van der Waals surface area contributed by atoms with E-state index in [4.69, 9.17) is 42.3 Å². The van der Waals surface area contributed by atoms with Crippen LogP contribution in [0.15, 0.2) is 76.3 Å². The van der Waals surface area contributed by atoms with Crippen molar-refractivity contribution in [1.29, 1.82) is 0 Å². The average Bonchev–Trinajstić information content (AvgIpc) is 3.43. The average molecular weight is 506 g/mol. The highest BCUT2D eigenvalue weighted by molar-refractivity contribution is 6.36. The number of aromatic hydroxyl groups is 1. The predicted molar refractivity (Wildman–Crippen MR) is 140 cm³/mol. The van der Waals surface area contributed by atoms with Gasteiger partial charge in [0.05, 0.1) is 17.8 Å². The normalized spacial score (nSPS) is 11.5. The number of halogens is 2. The van der Waals surface area contributed by atoms with E-state index >= 15 is 0 Å². The Morgan fingerprint density at radius 2 is 1.94 bits per heavy atom. The van der Waals surface area contributed by atoms with Gasteiger partial charge in [0.15, 0.2) is 17.3 Å². The van der Waals surface area contributed by atoms with Crippen molar-refractivity contribution in [3.63, 3.8) is 0 Å². The summed E-state index contributed by atoms with van der Waals surface area (Å²) in [6.07, 6.45) is 3.57. The lowest BCUT2D eigenvalue weighted by Gasteiger charge is -2.07. The monoisotopic (exact) mass is 505 g/mol. The van der Waals surface area contributed by atoms with E-state index in [1.165, 1.54) is 0 Å². The van der Waals surface area contributed by atoms with E-state index in [-0.39, 0.29) is 5.75 Å². The Bertz CT molecular complexity index is 1570. The summed E-state index contributed by atoms with van der Waals surface area (Å²) in [5.41, 5.74) is 4.01. The second kappa shape index (κ2) is 9.49. The predicted octanol–water partition coefficient (Wildman–Crippen LogP) is 7.73. The lowest BCUT2D eigenvalue weighted by atomic mass is 10.1. The number of hydrogen-bond donors (Lipinski definition) is 1. The Morgan fingerprint density at radius 1 is 1.09 bits per heavy atom. The maximum absolute atomic E-state index is 10.1. The third-order valence-corrected chi connectivity index (χ3v) is 5.97. The highest BCUT2D eigenvalue weighted by Crippen LogP contribution is 2.37. The second-order valence-corrected chi connectivity index (χ2v) is 8.76. The Hall–Kier alpha value is -3.74. The maximum Gasteiger partial charge on any atom is 0.165 e. The molecule has 6 nitrogen and oxygen atoms in total. The molecule has 0 saturated carbocycles. The number of imidazole rings is 1. The molecular weight excluding hydrogens is 485 g/mol. The van der Waals surface area contributed by atoms with Crippen LogP contribution in [0.2, 0.25) is 10.0 Å². The molecule has 0 aliphatic heterocycles. The number of aliphatic imine (C=N–C) groups is 1. The molecule has 3 aromatic heterocycles. The van der Waals surface area contributed by atoms with Gasteiger partial charge in [0.1, 0.15) is 22.9 Å². The van der Waals surface area contributed by atoms with Crippen molar-refractivity contribution in [2.75, 3.05) is 6.61 Å². The molecule has 0 radical (unpaired) electrons. The number of hydrogen-bond acceptors (Lipinski definition) is 5. The number of ether oxygens (including phenoxy) is 1. The first-order valence-electron chi connectivity index (χ1n) is 11.0. The molecule has 0 bridgehead atoms. The summed E-state index contributed by atoms with van der Waals surface area (Å²) in [5.74, 6) is 2.25. The topological polar surface area (TPSA) is 72.3 Å². The van der Waals surface area contributed by atoms with Gasteiger partial charge >= 0.3 is 0 Å². The molecule has 0 aliphatic carbocycles. The van der Waals surface area contributed by atoms with Crippen LogP contribution in [-0.2, 0) is 0 Å². The van der Waals surface area contributed by atoms with Crippen molar-refractivity contribution in [2.24, 2.45) is 4.99 Å². The highest BCUT2D eigenvalue weighted by atomic mass is 35.5. The molecule has 0 fully saturated rings. The summed E-state index contributed by atoms with van der Waals surface area (Å²) >= 11 is 12.3. The van der Waals surface area contributed by atoms with E-state index < -0.39 is 0 Å². The molecular formula is C27H21Cl2N3O3. The zero-order valence-corrected chi connectivity index (χ0v) is 20.5. The molecule has 5 rings (SSSR count). The van der Waals surface area contributed by atoms with Crippen molar-refractivity contribution in [2.45, 2.75) is 13.8 Å². The number of aromatic nitrogens is 2. The van der Waals surface area contributed by atoms with Gasteiger partial charge in [-0.15, -0.1) is 0 Å². The summed E-state index contributed by atoms with van der Waals surface area (Å²) in [6.45, 7) is 4.31. The van der Waals surface area contributed by atoms with Crippen LogP contribution in [0.25, 0.3) is 28.2 Å². The van der Waals surface area contributed by atoms with Crippen molar-refractivity contribution in [3.05, 3.63) is 88.2 Å². The minimum Gasteiger partial charge on any atom is -0.504 e. The van der Waals surface area contributed by atoms with Gasteiger partial charge in [-0.1, -0.05) is 23.2 Å². The van der Waals surface area contributed by atoms with Gasteiger partial charge in [-0.2, -0.15) is 0 Å². The summed E-state index contributed by atoms with van der Waals surface area (Å²) in [7, 11) is 0. The van der Waals surface area contributed by atoms with E-state index in [1.807, 2.05) is 54.8 Å². The highest BCUT2D eigenvalue weighted by Gasteiger charge is 2.16. The Morgan fingerprint density at radius 3 is 2.74 bits per heavy atom. The molecule has 0 saturated heterocycles. The number of aryl methyl sites for hydroxylation is 1. The zero-order valence-electron chi connectivity index (χ0n) is 19.0. The molecule has 1 N–H and O–H groups in total. The van der Waals surface area contributed by atoms with Crippen LogP contribution in [0.3, 0.4) is 0 Å². The van der Waals surface area contributed by atoms with Gasteiger partial charge in [-0.3, -0.25) is 4.40 Å². The summed E-state index contributed by atoms with van der Waals surface area (Å²) in [5, 5.41) is 11.2. The van der Waals surface area contributed by atoms with Crippen molar-refractivity contribution >= 4 is 40.9 Å². The van der Waals surface area contributed by atoms with Crippen LogP contribution >= 0.6 is 23.2 Å². The first-order chi connectivity index (χ1) is 16.9. The third-order valence-electron chi connectivity index (χ3n) is 5.43. The van der Waals surface area contributed by atoms with Crippen LogP contribution in [0.5, 0.6) is 11.5 Å². The Labute approximate surface area is 212 Å². The SMILES string of the molecule is CCOc1cc(-c2nc3cc(C)ccn3c2N=Cc2ccc(-c3ccc(Cl)cc3Cl)o2)ccc1O. The fourth-order valence-electron chi connectivity index (χ4n) is 3.76. The van der Waals surface area contributed by atoms with Gasteiger partial charge in [0.25, 0.3) is 0 Å². The number of phenols is 1. The first kappa shape index (κ1) is 23.0. The smallest absolute Gasteiger partial charge is 0.165 e. The number of fused-ring (bicyclic) bond motifs is 1. The minimum absolute atomic E-state index is 0.0734. The van der Waals surface area contributed by atoms with Crippen molar-refractivity contribution in [1.82, 2.24) is 9.38 Å². The van der Waals surface area contributed by atoms with Crippen LogP contribution in [0.1, 0.15) is 18.2 Å². The van der Waals surface area contributed by atoms with E-state index in [0.717, 1.165) is 22.3 Å². The van der Waals surface area contributed by atoms with Crippen LogP contribution in [-0.4, -0.2) is 27.3 Å². The Kier molecular flexibility index (Phi) is 6.24. The largest absolute Gasteiger partial charge is 0.504 e. The van der Waals surface area contributed by atoms with E-state index in [2.05, 4.69) is 0 Å². The van der Waals surface area contributed by atoms with Crippen LogP contribution in [0, 0.1) is 6.92 Å². The summed E-state index contributed by atoms with van der Waals surface area (Å²) < 4.78 is 13.4. The Balaban J connectivity index is 1.57. The molecule has 3 heterocycles. The molecule has 0 aliphatic rings. The van der Waals surface area contributed by atoms with Crippen molar-refractivity contribution in [3.8, 4) is 34.1 Å². The fourth-order valence-corrected chi connectivity index (χ4v) is 4.27. The number of pyridine rings is 1. The number of phenolic OH excluding ortho intramolecular Hbond substituents is 1. The molecule has 2 aromatic carbocycles. The molecule has 8 heteroatoms. The first-order valence-corrected chi connectivity index (χ1v) is 11.7. The zero-order chi connectivity index (χ0) is 24.5. The quantitative estimate of drug-likeness (QED) is 0.239. The number of nitrogens with zero attached hydrogens (tertiary/aromatic N) is 3. The third kappa shape index (κ3) is 4.63. The van der Waals surface area contributed by atoms with Gasteiger partial charge in [-0.25, -0.2) is 9.98 Å². The lowest BCUT2D eigenvalue weighted by molar-refractivity contribution is 0.318. The van der Waals surface area contributed by atoms with Gasteiger partial charge < -0.3 is 14.3 Å². The molecule has 0 atom stereocenters. The standard InChI is InChI=1S/C27H21Cl2N3O3/c1-3-34-24-13-17(4-8-22(24)33)26-27(32-11-10-16(2)12-25(32)31-26)30-15-19-6-9-23(35-19)20-7-5-18(28)14-21(20)29/h4-15,33H,3H2,1-2H3. The van der Waals surface area contributed by atoms with Crippen molar-refractivity contribution < 1.29 is 14.3 Å². The van der Waals surface area contributed by atoms with Crippen LogP contribution in [0.4, 0.5) is 5.82 Å². The summed E-state index contributed by atoms with van der Waals surface area (Å²) in [6, 6.07) is 18.0. The van der Waals surface area contributed by atoms with Gasteiger partial charge in [0, 0.05) is 22.3 Å². The van der Waals surface area contributed by atoms with E-state index in [9.17, 15) is 5.11 Å². The molecule has 0 amide bonds. The molecule has 176 valence electrons. The second-order valence-electron chi connectivity index (χ2n) is 7.92. The van der Waals surface area contributed by atoms with E-state index in [1.54, 1.807) is 36.5 Å². The number of rotatable bonds is 6. The molecule has 0 spiro atoms. The lowest BCUT2D eigenvalue weighted by Crippen LogP contribution is -1.92. The molecule has 0 unspecified atom stereocenters. The number of furan rings is 1.